The van der Waals surface area contributed by atoms with Gasteiger partial charge >= 0.3 is 5.97 Å². The molecule has 1 amide bonds. The fourth-order valence-electron chi connectivity index (χ4n) is 4.17. The Bertz CT molecular complexity index is 1320. The van der Waals surface area contributed by atoms with Gasteiger partial charge in [0.15, 0.2) is 0 Å². The summed E-state index contributed by atoms with van der Waals surface area (Å²) in [5.74, 6) is -1.40. The number of nitrogens with one attached hydrogen (secondary N) is 1. The maximum atomic E-state index is 12.1. The molecule has 2 N–H and O–H groups in total. The summed E-state index contributed by atoms with van der Waals surface area (Å²) in [6, 6.07) is 19.2. The van der Waals surface area contributed by atoms with Crippen molar-refractivity contribution in [3.63, 3.8) is 0 Å². The van der Waals surface area contributed by atoms with Crippen molar-refractivity contribution in [1.82, 2.24) is 5.32 Å². The Morgan fingerprint density at radius 1 is 0.950 bits per heavy atom. The molecule has 3 rings (SSSR count). The van der Waals surface area contributed by atoms with Crippen molar-refractivity contribution in [2.45, 2.75) is 44.6 Å². The number of anilines is 1. The first-order valence-corrected chi connectivity index (χ1v) is 14.5. The highest BCUT2D eigenvalue weighted by atomic mass is 79.9. The molecule has 212 valence electrons. The van der Waals surface area contributed by atoms with E-state index in [1.54, 1.807) is 36.4 Å². The molecule has 0 aliphatic carbocycles. The van der Waals surface area contributed by atoms with Crippen molar-refractivity contribution in [3.8, 4) is 11.1 Å². The van der Waals surface area contributed by atoms with E-state index in [1.807, 2.05) is 24.3 Å². The maximum absolute atomic E-state index is 12.1. The highest BCUT2D eigenvalue weighted by Crippen LogP contribution is 2.27. The van der Waals surface area contributed by atoms with Crippen molar-refractivity contribution in [2.24, 2.45) is 0 Å². The standard InChI is InChI=1S/C28H30BrN3O7S/c29-23-13-9-21(10-14-23)22-11-17-24(18-12-22)31(40(38)39)26(28(34)35)5-1-2-19-30-27(33)6-3-4-20-7-15-25(16-8-20)32(36)37/h7-18,26H,1-6,19H2,(H,30,33)(H,34,35)(H,38,39)/p-1. The lowest BCUT2D eigenvalue weighted by atomic mass is 10.0. The van der Waals surface area contributed by atoms with E-state index in [1.165, 1.54) is 12.1 Å². The molecule has 40 heavy (non-hydrogen) atoms. The Balaban J connectivity index is 1.46. The van der Waals surface area contributed by atoms with E-state index in [0.717, 1.165) is 25.5 Å². The minimum absolute atomic E-state index is 0.0193. The van der Waals surface area contributed by atoms with E-state index in [0.29, 0.717) is 32.2 Å². The van der Waals surface area contributed by atoms with Crippen LogP contribution in [0, 0.1) is 10.1 Å². The Kier molecular flexibility index (Phi) is 11.8. The van der Waals surface area contributed by atoms with Crippen LogP contribution in [-0.2, 0) is 27.3 Å². The number of halogens is 1. The number of carbonyl (C=O) groups is 2. The van der Waals surface area contributed by atoms with Gasteiger partial charge in [0.05, 0.1) is 4.92 Å². The van der Waals surface area contributed by atoms with Crippen LogP contribution in [0.3, 0.4) is 0 Å². The lowest BCUT2D eigenvalue weighted by molar-refractivity contribution is -0.384. The lowest BCUT2D eigenvalue weighted by Crippen LogP contribution is -2.42. The summed E-state index contributed by atoms with van der Waals surface area (Å²) < 4.78 is 25.9. The van der Waals surface area contributed by atoms with Crippen molar-refractivity contribution >= 4 is 50.4 Å². The van der Waals surface area contributed by atoms with Crippen LogP contribution in [0.4, 0.5) is 11.4 Å². The summed E-state index contributed by atoms with van der Waals surface area (Å²) in [4.78, 5) is 34.4. The van der Waals surface area contributed by atoms with Crippen LogP contribution in [0.2, 0.25) is 0 Å². The van der Waals surface area contributed by atoms with Gasteiger partial charge in [0.25, 0.3) is 5.69 Å². The molecule has 0 spiro atoms. The number of nitro benzene ring substituents is 1. The van der Waals surface area contributed by atoms with Crippen LogP contribution in [0.15, 0.2) is 77.3 Å². The average Bonchev–Trinajstić information content (AvgIpc) is 2.93. The first kappa shape index (κ1) is 30.9. The fraction of sp³-hybridized carbons (Fsp3) is 0.286. The minimum Gasteiger partial charge on any atom is -0.755 e. The van der Waals surface area contributed by atoms with Crippen molar-refractivity contribution in [2.75, 3.05) is 10.8 Å². The molecule has 0 aliphatic heterocycles. The molecule has 0 saturated heterocycles. The second-order valence-corrected chi connectivity index (χ2v) is 10.8. The molecule has 2 unspecified atom stereocenters. The third-order valence-electron chi connectivity index (χ3n) is 6.27. The van der Waals surface area contributed by atoms with Gasteiger partial charge in [-0.25, -0.2) is 4.79 Å². The molecule has 0 radical (unpaired) electrons. The Morgan fingerprint density at radius 3 is 2.10 bits per heavy atom. The molecular weight excluding hydrogens is 602 g/mol. The summed E-state index contributed by atoms with van der Waals surface area (Å²) >= 11 is 0.583. The molecule has 10 nitrogen and oxygen atoms in total. The van der Waals surface area contributed by atoms with E-state index in [-0.39, 0.29) is 30.1 Å². The molecule has 0 heterocycles. The summed E-state index contributed by atoms with van der Waals surface area (Å²) in [5, 5.41) is 23.3. The maximum Gasteiger partial charge on any atom is 0.327 e. The van der Waals surface area contributed by atoms with E-state index >= 15 is 0 Å². The monoisotopic (exact) mass is 630 g/mol. The summed E-state index contributed by atoms with van der Waals surface area (Å²) in [6.07, 6.45) is 2.43. The molecule has 3 aromatic carbocycles. The van der Waals surface area contributed by atoms with Gasteiger partial charge in [-0.15, -0.1) is 0 Å². The highest BCUT2D eigenvalue weighted by Gasteiger charge is 2.26. The number of hydrogen-bond donors (Lipinski definition) is 2. The number of carboxylic acids is 1. The van der Waals surface area contributed by atoms with E-state index < -0.39 is 28.2 Å². The largest absolute Gasteiger partial charge is 0.755 e. The van der Waals surface area contributed by atoms with Gasteiger partial charge in [-0.1, -0.05) is 52.3 Å². The molecule has 0 aliphatic rings. The SMILES string of the molecule is O=C(CCCc1ccc([N+](=O)[O-])cc1)NCCCCC(C(=O)O)N(c1ccc(-c2ccc(Br)cc2)cc1)S(=O)[O-]. The number of aliphatic carboxylic acids is 1. The van der Waals surface area contributed by atoms with Crippen LogP contribution in [0.5, 0.6) is 0 Å². The number of amides is 1. The van der Waals surface area contributed by atoms with Gasteiger partial charge in [0.2, 0.25) is 5.91 Å². The third kappa shape index (κ3) is 9.25. The van der Waals surface area contributed by atoms with Gasteiger partial charge in [-0.3, -0.25) is 23.4 Å². The molecule has 2 atom stereocenters. The number of unbranched alkanes of at least 4 members (excludes halogenated alkanes) is 1. The predicted octanol–water partition coefficient (Wildman–Crippen LogP) is 5.39. The zero-order valence-electron chi connectivity index (χ0n) is 21.5. The van der Waals surface area contributed by atoms with Gasteiger partial charge in [-0.05, 0) is 73.1 Å². The number of carbonyl (C=O) groups excluding carboxylic acids is 1. The molecule has 0 fully saturated rings. The number of benzene rings is 3. The van der Waals surface area contributed by atoms with Crippen molar-refractivity contribution in [1.29, 1.82) is 0 Å². The van der Waals surface area contributed by atoms with Gasteiger partial charge in [0.1, 0.15) is 6.04 Å². The van der Waals surface area contributed by atoms with Gasteiger partial charge in [-0.2, -0.15) is 0 Å². The molecule has 0 aromatic heterocycles. The second-order valence-electron chi connectivity index (χ2n) is 9.07. The molecule has 3 aromatic rings. The quantitative estimate of drug-likeness (QED) is 0.0988. The van der Waals surface area contributed by atoms with Gasteiger partial charge < -0.3 is 15.0 Å². The molecule has 12 heteroatoms. The Labute approximate surface area is 243 Å². The lowest BCUT2D eigenvalue weighted by Gasteiger charge is -2.32. The van der Waals surface area contributed by atoms with Crippen LogP contribution >= 0.6 is 15.9 Å². The first-order chi connectivity index (χ1) is 19.2. The topological polar surface area (TPSA) is 153 Å². The number of carboxylic acid groups (broad SMARTS) is 1. The third-order valence-corrected chi connectivity index (χ3v) is 7.59. The van der Waals surface area contributed by atoms with Gasteiger partial charge in [0, 0.05) is 46.5 Å². The number of aryl methyl sites for hydroxylation is 1. The van der Waals surface area contributed by atoms with Crippen LogP contribution in [0.1, 0.15) is 37.7 Å². The zero-order chi connectivity index (χ0) is 29.1. The molecule has 0 bridgehead atoms. The normalized spacial score (nSPS) is 12.3. The predicted molar refractivity (Wildman–Crippen MR) is 155 cm³/mol. The molecular formula is C28H29BrN3O7S-. The number of nitrogens with zero attached hydrogens (tertiary/aromatic N) is 2. The first-order valence-electron chi connectivity index (χ1n) is 12.6. The van der Waals surface area contributed by atoms with E-state index in [9.17, 15) is 33.6 Å². The Morgan fingerprint density at radius 2 is 1.55 bits per heavy atom. The number of hydrogen-bond acceptors (Lipinski definition) is 6. The van der Waals surface area contributed by atoms with Crippen LogP contribution in [-0.4, -0.2) is 43.3 Å². The number of nitro groups is 1. The van der Waals surface area contributed by atoms with Crippen molar-refractivity contribution in [3.05, 3.63) is 92.9 Å². The van der Waals surface area contributed by atoms with Crippen LogP contribution in [0.25, 0.3) is 11.1 Å². The number of non-ortho nitro benzene ring substituents is 1. The summed E-state index contributed by atoms with van der Waals surface area (Å²) in [7, 11) is 0. The van der Waals surface area contributed by atoms with Crippen LogP contribution < -0.4 is 9.62 Å². The Hall–Kier alpha value is -3.61. The fourth-order valence-corrected chi connectivity index (χ4v) is 5.13. The zero-order valence-corrected chi connectivity index (χ0v) is 23.9. The average molecular weight is 632 g/mol. The van der Waals surface area contributed by atoms with E-state index in [2.05, 4.69) is 21.2 Å². The molecule has 0 saturated carbocycles. The summed E-state index contributed by atoms with van der Waals surface area (Å²) in [6.45, 7) is 0.338. The second kappa shape index (κ2) is 15.2. The van der Waals surface area contributed by atoms with Crippen molar-refractivity contribution < 1.29 is 28.4 Å². The van der Waals surface area contributed by atoms with E-state index in [4.69, 9.17) is 0 Å². The number of rotatable bonds is 15. The smallest absolute Gasteiger partial charge is 0.327 e. The summed E-state index contributed by atoms with van der Waals surface area (Å²) in [5.41, 5.74) is 2.98. The minimum atomic E-state index is -2.80. The highest BCUT2D eigenvalue weighted by molar-refractivity contribution is 9.10.